The first-order chi connectivity index (χ1) is 10.9. The zero-order valence-corrected chi connectivity index (χ0v) is 11.7. The van der Waals surface area contributed by atoms with E-state index in [-0.39, 0.29) is 17.7 Å². The van der Waals surface area contributed by atoms with Gasteiger partial charge in [0.2, 0.25) is 0 Å². The predicted octanol–water partition coefficient (Wildman–Crippen LogP) is 3.41. The van der Waals surface area contributed by atoms with Crippen LogP contribution in [0.3, 0.4) is 0 Å². The minimum Gasteiger partial charge on any atom is -0.406 e. The van der Waals surface area contributed by atoms with Crippen molar-refractivity contribution in [3.05, 3.63) is 70.1 Å². The number of nitrogens with zero attached hydrogens (tertiary/aromatic N) is 1. The van der Waals surface area contributed by atoms with Crippen molar-refractivity contribution in [1.29, 1.82) is 0 Å². The quantitative estimate of drug-likeness (QED) is 0.804. The van der Waals surface area contributed by atoms with Crippen molar-refractivity contribution in [1.82, 2.24) is 9.97 Å². The molecule has 0 aliphatic carbocycles. The smallest absolute Gasteiger partial charge is 0.406 e. The summed E-state index contributed by atoms with van der Waals surface area (Å²) in [7, 11) is 0. The van der Waals surface area contributed by atoms with E-state index in [9.17, 15) is 18.0 Å². The molecule has 0 atom stereocenters. The van der Waals surface area contributed by atoms with Crippen LogP contribution in [0.4, 0.5) is 13.2 Å². The highest BCUT2D eigenvalue weighted by atomic mass is 19.4. The molecular formula is C16H11F3N2O2. The molecule has 4 nitrogen and oxygen atoms in total. The van der Waals surface area contributed by atoms with Crippen molar-refractivity contribution in [2.24, 2.45) is 0 Å². The summed E-state index contributed by atoms with van der Waals surface area (Å²) in [5, 5.41) is 0.754. The van der Waals surface area contributed by atoms with Gasteiger partial charge in [-0.3, -0.25) is 4.79 Å². The topological polar surface area (TPSA) is 55.0 Å². The van der Waals surface area contributed by atoms with Crippen molar-refractivity contribution in [2.45, 2.75) is 12.8 Å². The minimum atomic E-state index is -4.75. The van der Waals surface area contributed by atoms with Gasteiger partial charge in [-0.05, 0) is 35.9 Å². The van der Waals surface area contributed by atoms with Crippen molar-refractivity contribution in [2.75, 3.05) is 0 Å². The predicted molar refractivity (Wildman–Crippen MR) is 78.3 cm³/mol. The molecular weight excluding hydrogens is 309 g/mol. The molecule has 1 N–H and O–H groups in total. The summed E-state index contributed by atoms with van der Waals surface area (Å²) in [4.78, 5) is 18.7. The number of aromatic nitrogens is 2. The Morgan fingerprint density at radius 3 is 2.74 bits per heavy atom. The molecule has 3 rings (SSSR count). The average Bonchev–Trinajstić information content (AvgIpc) is 2.46. The van der Waals surface area contributed by atoms with Crippen LogP contribution in [0, 0.1) is 0 Å². The van der Waals surface area contributed by atoms with Crippen LogP contribution in [0.5, 0.6) is 5.75 Å². The van der Waals surface area contributed by atoms with Gasteiger partial charge in [-0.2, -0.15) is 0 Å². The molecule has 0 saturated heterocycles. The van der Waals surface area contributed by atoms with E-state index in [2.05, 4.69) is 14.7 Å². The lowest BCUT2D eigenvalue weighted by molar-refractivity contribution is -0.274. The fraction of sp³-hybridized carbons (Fsp3) is 0.125. The van der Waals surface area contributed by atoms with E-state index in [1.54, 1.807) is 30.5 Å². The number of H-pyrrole nitrogens is 1. The third-order valence-electron chi connectivity index (χ3n) is 3.22. The van der Waals surface area contributed by atoms with Gasteiger partial charge in [0.15, 0.2) is 0 Å². The lowest BCUT2D eigenvalue weighted by atomic mass is 10.1. The van der Waals surface area contributed by atoms with Gasteiger partial charge in [0.1, 0.15) is 11.4 Å². The minimum absolute atomic E-state index is 0.190. The Morgan fingerprint density at radius 2 is 1.96 bits per heavy atom. The number of alkyl halides is 3. The Labute approximate surface area is 128 Å². The first-order valence-corrected chi connectivity index (χ1v) is 6.72. The second-order valence-corrected chi connectivity index (χ2v) is 4.94. The number of benzene rings is 1. The molecule has 0 bridgehead atoms. The summed E-state index contributed by atoms with van der Waals surface area (Å²) in [6.07, 6.45) is -2.99. The normalized spacial score (nSPS) is 11.6. The van der Waals surface area contributed by atoms with Crippen LogP contribution in [0.15, 0.2) is 53.5 Å². The van der Waals surface area contributed by atoms with Crippen LogP contribution in [0.25, 0.3) is 11.0 Å². The van der Waals surface area contributed by atoms with Crippen LogP contribution in [0.1, 0.15) is 11.1 Å². The fourth-order valence-electron chi connectivity index (χ4n) is 2.28. The van der Waals surface area contributed by atoms with Gasteiger partial charge < -0.3 is 9.72 Å². The lowest BCUT2D eigenvalue weighted by Gasteiger charge is -2.10. The van der Waals surface area contributed by atoms with Gasteiger partial charge in [-0.25, -0.2) is 4.98 Å². The highest BCUT2D eigenvalue weighted by Crippen LogP contribution is 2.24. The van der Waals surface area contributed by atoms with E-state index >= 15 is 0 Å². The Kier molecular flexibility index (Phi) is 3.77. The summed E-state index contributed by atoms with van der Waals surface area (Å²) >= 11 is 0. The third-order valence-corrected chi connectivity index (χ3v) is 3.22. The largest absolute Gasteiger partial charge is 0.573 e. The number of pyridine rings is 2. The van der Waals surface area contributed by atoms with Crippen molar-refractivity contribution in [3.63, 3.8) is 0 Å². The molecule has 118 valence electrons. The second kappa shape index (κ2) is 5.75. The van der Waals surface area contributed by atoms with E-state index in [1.165, 1.54) is 18.2 Å². The standard InChI is InChI=1S/C16H11F3N2O2/c17-16(18,19)23-13-5-1-3-10(8-13)7-12-9-11-4-2-6-20-14(11)21-15(12)22/h1-6,8-9H,7H2,(H,20,21,22). The van der Waals surface area contributed by atoms with Gasteiger partial charge in [-0.1, -0.05) is 12.1 Å². The Bertz CT molecular complexity index is 903. The van der Waals surface area contributed by atoms with Gasteiger partial charge in [0.05, 0.1) is 0 Å². The van der Waals surface area contributed by atoms with Gasteiger partial charge in [0.25, 0.3) is 5.56 Å². The third kappa shape index (κ3) is 3.68. The number of hydrogen-bond acceptors (Lipinski definition) is 3. The number of ether oxygens (including phenoxy) is 1. The zero-order chi connectivity index (χ0) is 16.4. The summed E-state index contributed by atoms with van der Waals surface area (Å²) in [5.41, 5.74) is 1.13. The zero-order valence-electron chi connectivity index (χ0n) is 11.7. The van der Waals surface area contributed by atoms with Gasteiger partial charge in [0, 0.05) is 23.6 Å². The SMILES string of the molecule is O=c1[nH]c2ncccc2cc1Cc1cccc(OC(F)(F)F)c1. The molecule has 0 aliphatic heterocycles. The van der Waals surface area contributed by atoms with E-state index in [0.29, 0.717) is 16.8 Å². The van der Waals surface area contributed by atoms with Crippen molar-refractivity contribution in [3.8, 4) is 5.75 Å². The van der Waals surface area contributed by atoms with Crippen LogP contribution in [-0.2, 0) is 6.42 Å². The first kappa shape index (κ1) is 15.1. The van der Waals surface area contributed by atoms with Crippen LogP contribution in [0.2, 0.25) is 0 Å². The van der Waals surface area contributed by atoms with E-state index in [0.717, 1.165) is 5.39 Å². The maximum Gasteiger partial charge on any atom is 0.573 e. The number of aromatic amines is 1. The summed E-state index contributed by atoms with van der Waals surface area (Å²) in [6, 6.07) is 10.8. The van der Waals surface area contributed by atoms with Crippen LogP contribution < -0.4 is 10.3 Å². The number of nitrogens with one attached hydrogen (secondary N) is 1. The average molecular weight is 320 g/mol. The highest BCUT2D eigenvalue weighted by Gasteiger charge is 2.31. The maximum atomic E-state index is 12.3. The summed E-state index contributed by atoms with van der Waals surface area (Å²) < 4.78 is 40.6. The summed E-state index contributed by atoms with van der Waals surface area (Å²) in [5.74, 6) is -0.311. The molecule has 0 radical (unpaired) electrons. The highest BCUT2D eigenvalue weighted by molar-refractivity contribution is 5.74. The maximum absolute atomic E-state index is 12.3. The van der Waals surface area contributed by atoms with Crippen molar-refractivity contribution >= 4 is 11.0 Å². The Hall–Kier alpha value is -2.83. The van der Waals surface area contributed by atoms with E-state index in [4.69, 9.17) is 0 Å². The second-order valence-electron chi connectivity index (χ2n) is 4.94. The molecule has 7 heteroatoms. The van der Waals surface area contributed by atoms with E-state index in [1.807, 2.05) is 0 Å². The molecule has 23 heavy (non-hydrogen) atoms. The molecule has 2 heterocycles. The fourth-order valence-corrected chi connectivity index (χ4v) is 2.28. The first-order valence-electron chi connectivity index (χ1n) is 6.72. The molecule has 0 aliphatic rings. The number of rotatable bonds is 3. The molecule has 0 unspecified atom stereocenters. The molecule has 0 saturated carbocycles. The molecule has 2 aromatic heterocycles. The lowest BCUT2D eigenvalue weighted by Crippen LogP contribution is -2.17. The number of hydrogen-bond donors (Lipinski definition) is 1. The molecule has 0 fully saturated rings. The van der Waals surface area contributed by atoms with Gasteiger partial charge >= 0.3 is 6.36 Å². The van der Waals surface area contributed by atoms with Crippen molar-refractivity contribution < 1.29 is 17.9 Å². The molecule has 3 aromatic rings. The van der Waals surface area contributed by atoms with Crippen LogP contribution in [-0.4, -0.2) is 16.3 Å². The molecule has 0 spiro atoms. The summed E-state index contributed by atoms with van der Waals surface area (Å²) in [6.45, 7) is 0. The monoisotopic (exact) mass is 320 g/mol. The number of halogens is 3. The number of fused-ring (bicyclic) bond motifs is 1. The van der Waals surface area contributed by atoms with E-state index < -0.39 is 6.36 Å². The Balaban J connectivity index is 1.91. The molecule has 1 aromatic carbocycles. The van der Waals surface area contributed by atoms with Gasteiger partial charge in [-0.15, -0.1) is 13.2 Å². The Morgan fingerprint density at radius 1 is 1.13 bits per heavy atom. The molecule has 0 amide bonds. The van der Waals surface area contributed by atoms with Crippen LogP contribution >= 0.6 is 0 Å².